The average molecular weight is 450 g/mol. The van der Waals surface area contributed by atoms with E-state index in [1.807, 2.05) is 37.3 Å². The van der Waals surface area contributed by atoms with Crippen molar-refractivity contribution in [1.29, 1.82) is 0 Å². The Morgan fingerprint density at radius 1 is 1.12 bits per heavy atom. The third-order valence-corrected chi connectivity index (χ3v) is 6.03. The van der Waals surface area contributed by atoms with E-state index >= 15 is 0 Å². The number of thioether (sulfide) groups is 1. The van der Waals surface area contributed by atoms with Crippen LogP contribution in [0.2, 0.25) is 0 Å². The van der Waals surface area contributed by atoms with Crippen LogP contribution in [0.25, 0.3) is 16.7 Å². The number of nitrogens with one attached hydrogen (secondary N) is 1. The van der Waals surface area contributed by atoms with E-state index in [9.17, 15) is 9.59 Å². The molecule has 0 amide bonds. The van der Waals surface area contributed by atoms with Gasteiger partial charge in [-0.1, -0.05) is 30.0 Å². The van der Waals surface area contributed by atoms with Gasteiger partial charge in [0.15, 0.2) is 11.4 Å². The van der Waals surface area contributed by atoms with Gasteiger partial charge in [0, 0.05) is 5.69 Å². The number of benzene rings is 1. The fourth-order valence-corrected chi connectivity index (χ4v) is 4.51. The molecule has 3 aromatic heterocycles. The molecule has 0 spiro atoms. The van der Waals surface area contributed by atoms with Gasteiger partial charge in [-0.2, -0.15) is 5.10 Å². The zero-order valence-electron chi connectivity index (χ0n) is 18.3. The molecule has 0 aliphatic carbocycles. The molecule has 0 unspecified atom stereocenters. The van der Waals surface area contributed by atoms with Gasteiger partial charge in [-0.05, 0) is 45.4 Å². The third kappa shape index (κ3) is 4.03. The molecule has 8 nitrogen and oxygen atoms in total. The first-order valence-corrected chi connectivity index (χ1v) is 11.2. The fraction of sp³-hybridized carbons (Fsp3) is 0.261. The number of esters is 1. The summed E-state index contributed by atoms with van der Waals surface area (Å²) in [5.41, 5.74) is 3.66. The minimum Gasteiger partial charge on any atom is -0.462 e. The minimum absolute atomic E-state index is 0.119. The summed E-state index contributed by atoms with van der Waals surface area (Å²) in [6.07, 6.45) is 1.72. The maximum absolute atomic E-state index is 13.0. The van der Waals surface area contributed by atoms with Crippen LogP contribution in [0.1, 0.15) is 44.9 Å². The Bertz CT molecular complexity index is 1310. The lowest BCUT2D eigenvalue weighted by atomic mass is 10.1. The number of aromatic amines is 1. The summed E-state index contributed by atoms with van der Waals surface area (Å²) in [4.78, 5) is 37.3. The van der Waals surface area contributed by atoms with Crippen molar-refractivity contribution >= 4 is 34.5 Å². The van der Waals surface area contributed by atoms with E-state index in [1.165, 1.54) is 11.8 Å². The molecule has 1 N–H and O–H groups in total. The summed E-state index contributed by atoms with van der Waals surface area (Å²) >= 11 is 1.33. The van der Waals surface area contributed by atoms with Gasteiger partial charge in [-0.3, -0.25) is 4.79 Å². The van der Waals surface area contributed by atoms with E-state index in [2.05, 4.69) is 20.1 Å². The van der Waals surface area contributed by atoms with Gasteiger partial charge in [0.2, 0.25) is 0 Å². The van der Waals surface area contributed by atoms with Gasteiger partial charge in [-0.25, -0.2) is 19.4 Å². The molecule has 4 rings (SSSR count). The largest absolute Gasteiger partial charge is 0.462 e. The summed E-state index contributed by atoms with van der Waals surface area (Å²) in [7, 11) is 0. The predicted molar refractivity (Wildman–Crippen MR) is 123 cm³/mol. The first-order valence-electron chi connectivity index (χ1n) is 10.2. The second-order valence-electron chi connectivity index (χ2n) is 7.26. The fourth-order valence-electron chi connectivity index (χ4n) is 3.60. The molecule has 3 heterocycles. The number of hydrogen-bond donors (Lipinski definition) is 1. The molecule has 0 radical (unpaired) electrons. The van der Waals surface area contributed by atoms with Gasteiger partial charge >= 0.3 is 5.97 Å². The number of carbonyl (C=O) groups is 2. The Kier molecular flexibility index (Phi) is 6.09. The van der Waals surface area contributed by atoms with Crippen molar-refractivity contribution in [2.45, 2.75) is 32.7 Å². The molecule has 164 valence electrons. The molecule has 0 fully saturated rings. The summed E-state index contributed by atoms with van der Waals surface area (Å²) in [5.74, 6) is 0.213. The number of H-pyrrole nitrogens is 1. The van der Waals surface area contributed by atoms with E-state index in [-0.39, 0.29) is 18.1 Å². The lowest BCUT2D eigenvalue weighted by Crippen LogP contribution is -2.08. The minimum atomic E-state index is -0.424. The Hall–Kier alpha value is -3.46. The highest BCUT2D eigenvalue weighted by Crippen LogP contribution is 2.28. The second kappa shape index (κ2) is 8.96. The van der Waals surface area contributed by atoms with Gasteiger partial charge < -0.3 is 9.72 Å². The number of rotatable bonds is 7. The number of nitrogens with zero attached hydrogens (tertiary/aromatic N) is 4. The average Bonchev–Trinajstić information content (AvgIpc) is 3.33. The molecule has 0 aliphatic rings. The van der Waals surface area contributed by atoms with E-state index in [4.69, 9.17) is 4.74 Å². The van der Waals surface area contributed by atoms with Gasteiger partial charge in [0.25, 0.3) is 0 Å². The zero-order valence-corrected chi connectivity index (χ0v) is 19.1. The summed E-state index contributed by atoms with van der Waals surface area (Å²) in [6.45, 7) is 7.37. The van der Waals surface area contributed by atoms with Crippen LogP contribution in [0.15, 0.2) is 41.6 Å². The molecule has 32 heavy (non-hydrogen) atoms. The molecule has 0 saturated heterocycles. The number of Topliss-reactive ketones (excluding diaryl/α,β-unsaturated/α-hetero) is 1. The molecular weight excluding hydrogens is 426 g/mol. The van der Waals surface area contributed by atoms with Crippen LogP contribution in [0.5, 0.6) is 0 Å². The van der Waals surface area contributed by atoms with E-state index < -0.39 is 5.97 Å². The van der Waals surface area contributed by atoms with Crippen molar-refractivity contribution in [2.24, 2.45) is 0 Å². The monoisotopic (exact) mass is 449 g/mol. The Morgan fingerprint density at radius 2 is 1.88 bits per heavy atom. The highest BCUT2D eigenvalue weighted by atomic mass is 32.2. The van der Waals surface area contributed by atoms with Gasteiger partial charge in [0.1, 0.15) is 10.9 Å². The molecule has 4 aromatic rings. The normalized spacial score (nSPS) is 11.1. The number of aryl methyl sites for hydroxylation is 2. The van der Waals surface area contributed by atoms with Gasteiger partial charge in [0.05, 0.1) is 40.9 Å². The van der Waals surface area contributed by atoms with Crippen LogP contribution in [0.4, 0.5) is 0 Å². The third-order valence-electron chi connectivity index (χ3n) is 5.04. The van der Waals surface area contributed by atoms with Crippen molar-refractivity contribution in [3.8, 4) is 5.69 Å². The standard InChI is InChI=1S/C23H23N5O3S/c1-5-31-23(30)19-13(2)20(25-14(19)3)18(29)12-32-22-17-11-24-28(16-9-7-6-8-10-16)21(17)26-15(4)27-22/h6-11,25H,5,12H2,1-4H3. The quantitative estimate of drug-likeness (QED) is 0.195. The van der Waals surface area contributed by atoms with Crippen LogP contribution < -0.4 is 0 Å². The molecule has 9 heteroatoms. The van der Waals surface area contributed by atoms with Crippen molar-refractivity contribution in [1.82, 2.24) is 24.7 Å². The number of aromatic nitrogens is 5. The number of fused-ring (bicyclic) bond motifs is 1. The van der Waals surface area contributed by atoms with Crippen molar-refractivity contribution < 1.29 is 14.3 Å². The smallest absolute Gasteiger partial charge is 0.340 e. The number of ketones is 1. The van der Waals surface area contributed by atoms with Gasteiger partial charge in [-0.15, -0.1) is 0 Å². The number of ether oxygens (including phenoxy) is 1. The first-order chi connectivity index (χ1) is 15.4. The van der Waals surface area contributed by atoms with E-state index in [1.54, 1.807) is 31.6 Å². The topological polar surface area (TPSA) is 103 Å². The maximum Gasteiger partial charge on any atom is 0.340 e. The number of para-hydroxylation sites is 1. The summed E-state index contributed by atoms with van der Waals surface area (Å²) in [6, 6.07) is 9.74. The Labute approximate surface area is 189 Å². The lowest BCUT2D eigenvalue weighted by Gasteiger charge is -2.06. The van der Waals surface area contributed by atoms with Crippen molar-refractivity contribution in [3.05, 3.63) is 64.9 Å². The predicted octanol–water partition coefficient (Wildman–Crippen LogP) is 4.22. The van der Waals surface area contributed by atoms with Crippen LogP contribution in [-0.4, -0.2) is 48.8 Å². The van der Waals surface area contributed by atoms with Crippen LogP contribution in [0.3, 0.4) is 0 Å². The Balaban J connectivity index is 1.60. The summed E-state index contributed by atoms with van der Waals surface area (Å²) in [5, 5.41) is 5.95. The maximum atomic E-state index is 13.0. The van der Waals surface area contributed by atoms with Crippen LogP contribution >= 0.6 is 11.8 Å². The zero-order chi connectivity index (χ0) is 22.8. The lowest BCUT2D eigenvalue weighted by molar-refractivity contribution is 0.0525. The van der Waals surface area contributed by atoms with Crippen molar-refractivity contribution in [3.63, 3.8) is 0 Å². The Morgan fingerprint density at radius 3 is 2.59 bits per heavy atom. The highest BCUT2D eigenvalue weighted by Gasteiger charge is 2.23. The number of hydrogen-bond acceptors (Lipinski definition) is 7. The highest BCUT2D eigenvalue weighted by molar-refractivity contribution is 8.00. The number of carbonyl (C=O) groups excluding carboxylic acids is 2. The van der Waals surface area contributed by atoms with E-state index in [0.29, 0.717) is 39.0 Å². The SMILES string of the molecule is CCOC(=O)c1c(C)[nH]c(C(=O)CSc2nc(C)nc3c2cnn3-c2ccccc2)c1C. The summed E-state index contributed by atoms with van der Waals surface area (Å²) < 4.78 is 6.87. The molecule has 0 aliphatic heterocycles. The van der Waals surface area contributed by atoms with E-state index in [0.717, 1.165) is 11.1 Å². The molecule has 0 saturated carbocycles. The van der Waals surface area contributed by atoms with Crippen LogP contribution in [-0.2, 0) is 4.74 Å². The second-order valence-corrected chi connectivity index (χ2v) is 8.23. The molecule has 1 aromatic carbocycles. The molecule has 0 bridgehead atoms. The first kappa shape index (κ1) is 21.8. The molecular formula is C23H23N5O3S. The van der Waals surface area contributed by atoms with Crippen LogP contribution in [0, 0.1) is 20.8 Å². The molecule has 0 atom stereocenters. The van der Waals surface area contributed by atoms with Crippen molar-refractivity contribution in [2.75, 3.05) is 12.4 Å².